The summed E-state index contributed by atoms with van der Waals surface area (Å²) in [4.78, 5) is 29.2. The van der Waals surface area contributed by atoms with Gasteiger partial charge in [-0.25, -0.2) is 8.42 Å². The van der Waals surface area contributed by atoms with Gasteiger partial charge in [-0.15, -0.1) is 0 Å². The minimum Gasteiger partial charge on any atom is -0.352 e. The highest BCUT2D eigenvalue weighted by atomic mass is 35.5. The molecule has 2 amide bonds. The predicted molar refractivity (Wildman–Crippen MR) is 174 cm³/mol. The number of anilines is 1. The highest BCUT2D eigenvalue weighted by Crippen LogP contribution is 2.34. The lowest BCUT2D eigenvalue weighted by Crippen LogP contribution is -2.53. The molecule has 230 valence electrons. The SMILES string of the molecule is CC[C@@H](C(=O)NC1CCCC1)N(Cc1ccc(Cl)c(Cl)c1)C(=O)CN(c1cc(Cl)ccc1Cl)S(=O)(=O)c1ccc(C)cc1. The third kappa shape index (κ3) is 8.17. The van der Waals surface area contributed by atoms with Crippen molar-refractivity contribution in [2.24, 2.45) is 0 Å². The second kappa shape index (κ2) is 14.5. The van der Waals surface area contributed by atoms with Crippen molar-refractivity contribution in [3.05, 3.63) is 91.9 Å². The van der Waals surface area contributed by atoms with E-state index in [9.17, 15) is 18.0 Å². The number of nitrogens with zero attached hydrogens (tertiary/aromatic N) is 2. The van der Waals surface area contributed by atoms with Crippen LogP contribution in [-0.2, 0) is 26.2 Å². The normalized spacial score (nSPS) is 14.4. The Balaban J connectivity index is 1.76. The highest BCUT2D eigenvalue weighted by molar-refractivity contribution is 7.92. The van der Waals surface area contributed by atoms with Crippen molar-refractivity contribution >= 4 is 73.9 Å². The van der Waals surface area contributed by atoms with Crippen molar-refractivity contribution in [1.29, 1.82) is 0 Å². The fourth-order valence-corrected chi connectivity index (χ4v) is 7.33. The van der Waals surface area contributed by atoms with Gasteiger partial charge >= 0.3 is 0 Å². The van der Waals surface area contributed by atoms with E-state index in [4.69, 9.17) is 46.4 Å². The molecule has 7 nitrogen and oxygen atoms in total. The standard InChI is InChI=1S/C31H33Cl4N3O4S/c1-3-28(31(40)36-23-6-4-5-7-23)37(18-21-10-14-25(33)27(35)16-21)30(39)19-38(29-17-22(32)11-15-26(29)34)43(41,42)24-12-8-20(2)9-13-24/h8-17,23,28H,3-7,18-19H2,1-2H3,(H,36,40)/t28-/m0/s1. The Morgan fingerprint density at radius 1 is 0.907 bits per heavy atom. The average Bonchev–Trinajstić information content (AvgIpc) is 3.48. The monoisotopic (exact) mass is 683 g/mol. The summed E-state index contributed by atoms with van der Waals surface area (Å²) in [5.74, 6) is -0.900. The summed E-state index contributed by atoms with van der Waals surface area (Å²) in [6.45, 7) is 3.01. The molecule has 1 aliphatic rings. The van der Waals surface area contributed by atoms with Gasteiger partial charge in [-0.05, 0) is 74.2 Å². The molecule has 1 saturated carbocycles. The molecule has 4 rings (SSSR count). The van der Waals surface area contributed by atoms with E-state index in [1.54, 1.807) is 30.3 Å². The van der Waals surface area contributed by atoms with Gasteiger partial charge in [0.2, 0.25) is 11.8 Å². The lowest BCUT2D eigenvalue weighted by Gasteiger charge is -2.34. The molecule has 0 unspecified atom stereocenters. The summed E-state index contributed by atoms with van der Waals surface area (Å²) in [5.41, 5.74) is 1.54. The maximum Gasteiger partial charge on any atom is 0.264 e. The predicted octanol–water partition coefficient (Wildman–Crippen LogP) is 7.67. The number of carbonyl (C=O) groups is 2. The van der Waals surface area contributed by atoms with Crippen LogP contribution >= 0.6 is 46.4 Å². The van der Waals surface area contributed by atoms with Crippen LogP contribution in [0.5, 0.6) is 0 Å². The molecule has 0 spiro atoms. The summed E-state index contributed by atoms with van der Waals surface area (Å²) >= 11 is 25.1. The lowest BCUT2D eigenvalue weighted by molar-refractivity contribution is -0.140. The zero-order chi connectivity index (χ0) is 31.3. The van der Waals surface area contributed by atoms with E-state index in [1.165, 1.54) is 35.2 Å². The van der Waals surface area contributed by atoms with Gasteiger partial charge in [0, 0.05) is 17.6 Å². The Morgan fingerprint density at radius 3 is 2.19 bits per heavy atom. The van der Waals surface area contributed by atoms with Crippen LogP contribution in [0, 0.1) is 6.92 Å². The number of hydrogen-bond donors (Lipinski definition) is 1. The van der Waals surface area contributed by atoms with Gasteiger partial charge in [0.1, 0.15) is 12.6 Å². The van der Waals surface area contributed by atoms with Crippen molar-refractivity contribution < 1.29 is 18.0 Å². The molecule has 1 N–H and O–H groups in total. The summed E-state index contributed by atoms with van der Waals surface area (Å²) < 4.78 is 29.0. The maximum atomic E-state index is 14.3. The van der Waals surface area contributed by atoms with E-state index < -0.39 is 28.5 Å². The second-order valence-corrected chi connectivity index (χ2v) is 14.1. The highest BCUT2D eigenvalue weighted by Gasteiger charge is 2.35. The second-order valence-electron chi connectivity index (χ2n) is 10.6. The average molecular weight is 686 g/mol. The van der Waals surface area contributed by atoms with Crippen molar-refractivity contribution in [2.75, 3.05) is 10.8 Å². The number of nitrogens with one attached hydrogen (secondary N) is 1. The molecule has 3 aromatic rings. The van der Waals surface area contributed by atoms with Crippen LogP contribution in [0.25, 0.3) is 0 Å². The third-order valence-corrected chi connectivity index (χ3v) is 10.6. The van der Waals surface area contributed by atoms with Gasteiger partial charge < -0.3 is 10.2 Å². The Morgan fingerprint density at radius 2 is 1.56 bits per heavy atom. The molecule has 1 aliphatic carbocycles. The molecular weight excluding hydrogens is 652 g/mol. The first-order chi connectivity index (χ1) is 20.4. The van der Waals surface area contributed by atoms with Gasteiger partial charge in [-0.2, -0.15) is 0 Å². The topological polar surface area (TPSA) is 86.8 Å². The number of benzene rings is 3. The summed E-state index contributed by atoms with van der Waals surface area (Å²) in [5, 5.41) is 4.06. The molecule has 0 saturated heterocycles. The Bertz CT molecular complexity index is 1580. The van der Waals surface area contributed by atoms with Crippen molar-refractivity contribution in [1.82, 2.24) is 10.2 Å². The molecule has 0 aliphatic heterocycles. The molecule has 0 bridgehead atoms. The number of carbonyl (C=O) groups excluding carboxylic acids is 2. The van der Waals surface area contributed by atoms with E-state index in [-0.39, 0.29) is 39.1 Å². The number of amides is 2. The first-order valence-electron chi connectivity index (χ1n) is 14.0. The van der Waals surface area contributed by atoms with Crippen LogP contribution < -0.4 is 9.62 Å². The van der Waals surface area contributed by atoms with Crippen LogP contribution in [0.1, 0.15) is 50.2 Å². The number of hydrogen-bond acceptors (Lipinski definition) is 4. The Kier molecular flexibility index (Phi) is 11.3. The quantitative estimate of drug-likeness (QED) is 0.225. The van der Waals surface area contributed by atoms with Crippen molar-refractivity contribution in [3.8, 4) is 0 Å². The Labute approximate surface area is 273 Å². The van der Waals surface area contributed by atoms with E-state index >= 15 is 0 Å². The van der Waals surface area contributed by atoms with E-state index in [1.807, 2.05) is 13.8 Å². The van der Waals surface area contributed by atoms with Crippen LogP contribution in [0.2, 0.25) is 20.1 Å². The van der Waals surface area contributed by atoms with Gasteiger partial charge in [0.05, 0.1) is 25.7 Å². The molecular formula is C31H33Cl4N3O4S. The van der Waals surface area contributed by atoms with Gasteiger partial charge in [-0.1, -0.05) is 89.9 Å². The van der Waals surface area contributed by atoms with E-state index in [2.05, 4.69) is 5.32 Å². The number of rotatable bonds is 11. The van der Waals surface area contributed by atoms with Crippen LogP contribution in [0.4, 0.5) is 5.69 Å². The molecule has 0 heterocycles. The zero-order valence-corrected chi connectivity index (χ0v) is 27.7. The number of sulfonamides is 1. The van der Waals surface area contributed by atoms with Crippen LogP contribution in [-0.4, -0.2) is 43.8 Å². The molecule has 0 radical (unpaired) electrons. The molecule has 1 fully saturated rings. The molecule has 1 atom stereocenters. The van der Waals surface area contributed by atoms with Gasteiger partial charge in [0.25, 0.3) is 10.0 Å². The van der Waals surface area contributed by atoms with Crippen molar-refractivity contribution in [2.45, 2.75) is 69.5 Å². The van der Waals surface area contributed by atoms with Gasteiger partial charge in [-0.3, -0.25) is 13.9 Å². The Hall–Kier alpha value is -2.49. The van der Waals surface area contributed by atoms with Gasteiger partial charge in [0.15, 0.2) is 0 Å². The largest absolute Gasteiger partial charge is 0.352 e. The first-order valence-corrected chi connectivity index (χ1v) is 16.9. The van der Waals surface area contributed by atoms with Crippen LogP contribution in [0.3, 0.4) is 0 Å². The number of aryl methyl sites for hydroxylation is 1. The minimum atomic E-state index is -4.29. The fourth-order valence-electron chi connectivity index (χ4n) is 5.15. The summed E-state index contributed by atoms with van der Waals surface area (Å²) in [6.07, 6.45) is 4.10. The van der Waals surface area contributed by atoms with E-state index in [0.29, 0.717) is 22.0 Å². The molecule has 3 aromatic carbocycles. The third-order valence-electron chi connectivity index (χ3n) is 7.49. The minimum absolute atomic E-state index is 0.00594. The molecule has 0 aromatic heterocycles. The maximum absolute atomic E-state index is 14.3. The fraction of sp³-hybridized carbons (Fsp3) is 0.355. The zero-order valence-electron chi connectivity index (χ0n) is 23.8. The van der Waals surface area contributed by atoms with Crippen molar-refractivity contribution in [3.63, 3.8) is 0 Å². The number of halogens is 4. The smallest absolute Gasteiger partial charge is 0.264 e. The lowest BCUT2D eigenvalue weighted by atomic mass is 10.1. The van der Waals surface area contributed by atoms with E-state index in [0.717, 1.165) is 35.6 Å². The molecule has 12 heteroatoms. The summed E-state index contributed by atoms with van der Waals surface area (Å²) in [7, 11) is -4.29. The summed E-state index contributed by atoms with van der Waals surface area (Å²) in [6, 6.07) is 14.8. The first kappa shape index (κ1) is 33.4. The molecule has 43 heavy (non-hydrogen) atoms. The van der Waals surface area contributed by atoms with Crippen LogP contribution in [0.15, 0.2) is 65.6 Å².